The topological polar surface area (TPSA) is 46.5 Å². The van der Waals surface area contributed by atoms with E-state index in [-0.39, 0.29) is 0 Å². The van der Waals surface area contributed by atoms with Crippen LogP contribution in [0.15, 0.2) is 0 Å². The summed E-state index contributed by atoms with van der Waals surface area (Å²) < 4.78 is 5.49. The molecule has 0 aliphatic carbocycles. The zero-order chi connectivity index (χ0) is 12.8. The maximum atomic E-state index is 10.8. The van der Waals surface area contributed by atoms with E-state index in [0.29, 0.717) is 18.4 Å². The van der Waals surface area contributed by atoms with E-state index < -0.39 is 11.4 Å². The first-order chi connectivity index (χ1) is 7.15. The van der Waals surface area contributed by atoms with E-state index in [1.165, 1.54) is 0 Å². The fraction of sp³-hybridized carbons (Fsp3) is 0.923. The second-order valence-electron chi connectivity index (χ2n) is 6.22. The van der Waals surface area contributed by atoms with Gasteiger partial charge in [-0.05, 0) is 38.5 Å². The van der Waals surface area contributed by atoms with Crippen LogP contribution in [0.4, 0.5) is 0 Å². The summed E-state index contributed by atoms with van der Waals surface area (Å²) in [6.45, 7) is 11.5. The molecule has 0 saturated carbocycles. The average Bonchev–Trinajstić information content (AvgIpc) is 2.09. The molecule has 0 unspecified atom stereocenters. The van der Waals surface area contributed by atoms with Crippen LogP contribution in [-0.2, 0) is 9.53 Å². The number of carboxylic acid groups (broad SMARTS) is 1. The minimum atomic E-state index is -0.734. The third-order valence-corrected chi connectivity index (χ3v) is 2.67. The van der Waals surface area contributed by atoms with Crippen molar-refractivity contribution in [3.8, 4) is 0 Å². The predicted molar refractivity (Wildman–Crippen MR) is 65.5 cm³/mol. The summed E-state index contributed by atoms with van der Waals surface area (Å²) in [5.74, 6) is -0.734. The van der Waals surface area contributed by atoms with Gasteiger partial charge in [-0.1, -0.05) is 20.8 Å². The third-order valence-electron chi connectivity index (χ3n) is 2.67. The van der Waals surface area contributed by atoms with Crippen LogP contribution in [0.2, 0.25) is 0 Å². The van der Waals surface area contributed by atoms with E-state index in [9.17, 15) is 4.79 Å². The Hall–Kier alpha value is -0.570. The minimum absolute atomic E-state index is 0.306. The Morgan fingerprint density at radius 1 is 1.06 bits per heavy atom. The molecule has 0 fully saturated rings. The third kappa shape index (κ3) is 7.69. The summed E-state index contributed by atoms with van der Waals surface area (Å²) in [5, 5.41) is 8.91. The summed E-state index contributed by atoms with van der Waals surface area (Å²) in [5.41, 5.74) is -0.326. The van der Waals surface area contributed by atoms with Crippen LogP contribution < -0.4 is 0 Å². The molecule has 0 atom stereocenters. The second kappa shape index (κ2) is 6.24. The monoisotopic (exact) mass is 230 g/mol. The first kappa shape index (κ1) is 15.4. The van der Waals surface area contributed by atoms with E-state index in [1.807, 2.05) is 0 Å². The molecule has 0 aromatic carbocycles. The van der Waals surface area contributed by atoms with Gasteiger partial charge in [-0.15, -0.1) is 0 Å². The SMILES string of the molecule is CC(C)(C)CCOCCCC(C)(C)C(=O)O. The van der Waals surface area contributed by atoms with Crippen molar-refractivity contribution in [3.63, 3.8) is 0 Å². The Labute approximate surface area is 99.2 Å². The van der Waals surface area contributed by atoms with Gasteiger partial charge in [0.25, 0.3) is 0 Å². The van der Waals surface area contributed by atoms with Crippen LogP contribution in [0.1, 0.15) is 53.9 Å². The van der Waals surface area contributed by atoms with Crippen LogP contribution in [0, 0.1) is 10.8 Å². The molecule has 96 valence electrons. The molecule has 0 amide bonds. The molecule has 0 rings (SSSR count). The summed E-state index contributed by atoms with van der Waals surface area (Å²) >= 11 is 0. The molecule has 0 aliphatic rings. The van der Waals surface area contributed by atoms with E-state index in [0.717, 1.165) is 19.4 Å². The summed E-state index contributed by atoms with van der Waals surface area (Å²) in [6.07, 6.45) is 2.51. The number of carboxylic acids is 1. The van der Waals surface area contributed by atoms with Gasteiger partial charge >= 0.3 is 5.97 Å². The summed E-state index contributed by atoms with van der Waals surface area (Å²) in [4.78, 5) is 10.8. The minimum Gasteiger partial charge on any atom is -0.481 e. The van der Waals surface area contributed by atoms with Crippen LogP contribution in [-0.4, -0.2) is 24.3 Å². The molecule has 1 N–H and O–H groups in total. The van der Waals surface area contributed by atoms with Gasteiger partial charge < -0.3 is 9.84 Å². The molecule has 0 aromatic rings. The molecule has 0 bridgehead atoms. The first-order valence-corrected chi connectivity index (χ1v) is 5.96. The largest absolute Gasteiger partial charge is 0.481 e. The van der Waals surface area contributed by atoms with Crippen LogP contribution >= 0.6 is 0 Å². The smallest absolute Gasteiger partial charge is 0.309 e. The van der Waals surface area contributed by atoms with Crippen LogP contribution in [0.25, 0.3) is 0 Å². The van der Waals surface area contributed by atoms with Gasteiger partial charge in [-0.2, -0.15) is 0 Å². The van der Waals surface area contributed by atoms with Gasteiger partial charge in [0.15, 0.2) is 0 Å². The number of hydrogen-bond acceptors (Lipinski definition) is 2. The lowest BCUT2D eigenvalue weighted by Gasteiger charge is -2.20. The van der Waals surface area contributed by atoms with Gasteiger partial charge in [-0.25, -0.2) is 0 Å². The second-order valence-corrected chi connectivity index (χ2v) is 6.22. The van der Waals surface area contributed by atoms with Crippen LogP contribution in [0.3, 0.4) is 0 Å². The van der Waals surface area contributed by atoms with E-state index in [1.54, 1.807) is 13.8 Å². The fourth-order valence-corrected chi connectivity index (χ4v) is 1.20. The number of aliphatic carboxylic acids is 1. The molecular formula is C13H26O3. The quantitative estimate of drug-likeness (QED) is 0.682. The highest BCUT2D eigenvalue weighted by atomic mass is 16.5. The molecule has 0 aromatic heterocycles. The van der Waals surface area contributed by atoms with Crippen molar-refractivity contribution >= 4 is 5.97 Å². The first-order valence-electron chi connectivity index (χ1n) is 5.96. The number of rotatable bonds is 7. The van der Waals surface area contributed by atoms with Crippen LogP contribution in [0.5, 0.6) is 0 Å². The normalized spacial score (nSPS) is 12.8. The Kier molecular flexibility index (Phi) is 6.01. The number of carbonyl (C=O) groups is 1. The van der Waals surface area contributed by atoms with Gasteiger partial charge in [0.05, 0.1) is 5.41 Å². The van der Waals surface area contributed by atoms with E-state index >= 15 is 0 Å². The maximum Gasteiger partial charge on any atom is 0.309 e. The van der Waals surface area contributed by atoms with Gasteiger partial charge in [0, 0.05) is 13.2 Å². The maximum absolute atomic E-state index is 10.8. The zero-order valence-corrected chi connectivity index (χ0v) is 11.3. The standard InChI is InChI=1S/C13H26O3/c1-12(2,3)8-10-16-9-6-7-13(4,5)11(14)15/h6-10H2,1-5H3,(H,14,15). The van der Waals surface area contributed by atoms with E-state index in [2.05, 4.69) is 20.8 Å². The van der Waals surface area contributed by atoms with Crippen molar-refractivity contribution in [3.05, 3.63) is 0 Å². The lowest BCUT2D eigenvalue weighted by Crippen LogP contribution is -2.24. The molecule has 0 spiro atoms. The van der Waals surface area contributed by atoms with Gasteiger partial charge in [-0.3, -0.25) is 4.79 Å². The molecule has 0 aliphatic heterocycles. The predicted octanol–water partition coefficient (Wildman–Crippen LogP) is 3.33. The van der Waals surface area contributed by atoms with E-state index in [4.69, 9.17) is 9.84 Å². The highest BCUT2D eigenvalue weighted by Gasteiger charge is 2.26. The molecule has 0 saturated heterocycles. The van der Waals surface area contributed by atoms with Crippen molar-refractivity contribution in [1.82, 2.24) is 0 Å². The van der Waals surface area contributed by atoms with Crippen molar-refractivity contribution in [2.24, 2.45) is 10.8 Å². The number of ether oxygens (including phenoxy) is 1. The fourth-order valence-electron chi connectivity index (χ4n) is 1.20. The molecule has 3 nitrogen and oxygen atoms in total. The Bertz CT molecular complexity index is 214. The Balaban J connectivity index is 3.52. The summed E-state index contributed by atoms with van der Waals surface area (Å²) in [7, 11) is 0. The number of hydrogen-bond donors (Lipinski definition) is 1. The zero-order valence-electron chi connectivity index (χ0n) is 11.3. The molecule has 0 heterocycles. The van der Waals surface area contributed by atoms with Gasteiger partial charge in [0.2, 0.25) is 0 Å². The van der Waals surface area contributed by atoms with Crippen molar-refractivity contribution < 1.29 is 14.6 Å². The molecular weight excluding hydrogens is 204 g/mol. The molecule has 3 heteroatoms. The van der Waals surface area contributed by atoms with Gasteiger partial charge in [0.1, 0.15) is 0 Å². The highest BCUT2D eigenvalue weighted by molar-refractivity contribution is 5.73. The Morgan fingerprint density at radius 2 is 1.62 bits per heavy atom. The lowest BCUT2D eigenvalue weighted by molar-refractivity contribution is -0.147. The average molecular weight is 230 g/mol. The summed E-state index contributed by atoms with van der Waals surface area (Å²) in [6, 6.07) is 0. The highest BCUT2D eigenvalue weighted by Crippen LogP contribution is 2.22. The van der Waals surface area contributed by atoms with Crippen molar-refractivity contribution in [2.75, 3.05) is 13.2 Å². The lowest BCUT2D eigenvalue weighted by atomic mass is 9.88. The van der Waals surface area contributed by atoms with Crippen molar-refractivity contribution in [2.45, 2.75) is 53.9 Å². The molecule has 16 heavy (non-hydrogen) atoms. The van der Waals surface area contributed by atoms with Crippen molar-refractivity contribution in [1.29, 1.82) is 0 Å². The molecule has 0 radical (unpaired) electrons. The Morgan fingerprint density at radius 3 is 2.06 bits per heavy atom.